The molecule has 0 aliphatic heterocycles. The zero-order chi connectivity index (χ0) is 15.1. The second kappa shape index (κ2) is 7.48. The van der Waals surface area contributed by atoms with Gasteiger partial charge in [-0.05, 0) is 49.7 Å². The number of carbonyl (C=O) groups excluding carboxylic acids is 1. The van der Waals surface area contributed by atoms with Gasteiger partial charge in [0.15, 0.2) is 0 Å². The van der Waals surface area contributed by atoms with Crippen LogP contribution in [0.25, 0.3) is 0 Å². The van der Waals surface area contributed by atoms with Gasteiger partial charge in [-0.25, -0.2) is 0 Å². The van der Waals surface area contributed by atoms with Gasteiger partial charge >= 0.3 is 0 Å². The molecule has 0 saturated carbocycles. The van der Waals surface area contributed by atoms with E-state index in [0.29, 0.717) is 18.8 Å². The minimum absolute atomic E-state index is 0.589. The fraction of sp³-hybridized carbons (Fsp3) is 0.278. The predicted octanol–water partition coefficient (Wildman–Crippen LogP) is 3.96. The molecule has 0 aliphatic rings. The number of carbonyl (C=O) groups is 1. The summed E-state index contributed by atoms with van der Waals surface area (Å²) in [5.74, 6) is 1.70. The van der Waals surface area contributed by atoms with E-state index in [2.05, 4.69) is 13.0 Å². The molecule has 0 unspecified atom stereocenters. The molecule has 2 rings (SSSR count). The minimum atomic E-state index is 0.589. The third-order valence-electron chi connectivity index (χ3n) is 3.16. The first-order valence-electron chi connectivity index (χ1n) is 7.07. The fourth-order valence-electron chi connectivity index (χ4n) is 2.03. The van der Waals surface area contributed by atoms with Gasteiger partial charge in [0.05, 0.1) is 13.2 Å². The molecule has 0 bridgehead atoms. The summed E-state index contributed by atoms with van der Waals surface area (Å²) >= 11 is 0. The van der Waals surface area contributed by atoms with E-state index in [9.17, 15) is 4.79 Å². The Morgan fingerprint density at radius 2 is 1.67 bits per heavy atom. The maximum Gasteiger partial charge on any atom is 0.150 e. The number of benzene rings is 2. The second-order valence-corrected chi connectivity index (χ2v) is 5.01. The van der Waals surface area contributed by atoms with Crippen LogP contribution < -0.4 is 9.47 Å². The Kier molecular flexibility index (Phi) is 5.38. The van der Waals surface area contributed by atoms with E-state index in [1.54, 1.807) is 24.3 Å². The van der Waals surface area contributed by atoms with E-state index in [-0.39, 0.29) is 0 Å². The number of aldehydes is 1. The van der Waals surface area contributed by atoms with Crippen LogP contribution >= 0.6 is 0 Å². The molecule has 0 spiro atoms. The number of hydrogen-bond donors (Lipinski definition) is 0. The van der Waals surface area contributed by atoms with Crippen LogP contribution in [0.2, 0.25) is 0 Å². The van der Waals surface area contributed by atoms with E-state index in [0.717, 1.165) is 29.8 Å². The highest BCUT2D eigenvalue weighted by Crippen LogP contribution is 2.18. The summed E-state index contributed by atoms with van der Waals surface area (Å²) < 4.78 is 11.3. The molecule has 0 N–H and O–H groups in total. The van der Waals surface area contributed by atoms with E-state index in [1.165, 1.54) is 5.56 Å². The largest absolute Gasteiger partial charge is 0.493 e. The van der Waals surface area contributed by atoms with Crippen molar-refractivity contribution < 1.29 is 14.3 Å². The third-order valence-corrected chi connectivity index (χ3v) is 3.16. The summed E-state index contributed by atoms with van der Waals surface area (Å²) in [5.41, 5.74) is 3.04. The molecule has 0 aromatic heterocycles. The van der Waals surface area contributed by atoms with Gasteiger partial charge in [0.2, 0.25) is 0 Å². The van der Waals surface area contributed by atoms with Crippen LogP contribution in [-0.2, 0) is 0 Å². The zero-order valence-electron chi connectivity index (χ0n) is 12.5. The van der Waals surface area contributed by atoms with Crippen molar-refractivity contribution in [2.24, 2.45) is 0 Å². The molecular weight excluding hydrogens is 264 g/mol. The lowest BCUT2D eigenvalue weighted by atomic mass is 10.1. The Morgan fingerprint density at radius 3 is 2.33 bits per heavy atom. The minimum Gasteiger partial charge on any atom is -0.493 e. The van der Waals surface area contributed by atoms with Crippen molar-refractivity contribution in [1.29, 1.82) is 0 Å². The number of rotatable bonds is 7. The molecule has 2 aromatic rings. The molecule has 0 atom stereocenters. The Hall–Kier alpha value is -2.29. The average molecular weight is 284 g/mol. The Balaban J connectivity index is 1.70. The van der Waals surface area contributed by atoms with Crippen LogP contribution in [0, 0.1) is 13.8 Å². The van der Waals surface area contributed by atoms with Gasteiger partial charge in [-0.2, -0.15) is 0 Å². The van der Waals surface area contributed by atoms with Gasteiger partial charge in [0.1, 0.15) is 17.8 Å². The lowest BCUT2D eigenvalue weighted by Crippen LogP contribution is -2.05. The van der Waals surface area contributed by atoms with Crippen LogP contribution in [0.1, 0.15) is 27.9 Å². The molecule has 0 radical (unpaired) electrons. The van der Waals surface area contributed by atoms with Gasteiger partial charge in [-0.3, -0.25) is 4.79 Å². The molecule has 0 saturated heterocycles. The highest BCUT2D eigenvalue weighted by atomic mass is 16.5. The highest BCUT2D eigenvalue weighted by molar-refractivity contribution is 5.74. The molecule has 3 nitrogen and oxygen atoms in total. The Bertz CT molecular complexity index is 588. The van der Waals surface area contributed by atoms with Crippen molar-refractivity contribution >= 4 is 6.29 Å². The van der Waals surface area contributed by atoms with E-state index < -0.39 is 0 Å². The van der Waals surface area contributed by atoms with Crippen molar-refractivity contribution in [2.45, 2.75) is 20.3 Å². The predicted molar refractivity (Wildman–Crippen MR) is 83.4 cm³/mol. The molecule has 0 aliphatic carbocycles. The molecule has 21 heavy (non-hydrogen) atoms. The molecule has 2 aromatic carbocycles. The molecule has 110 valence electrons. The molecular formula is C18H20O3. The molecule has 0 amide bonds. The van der Waals surface area contributed by atoms with Gasteiger partial charge in [-0.15, -0.1) is 0 Å². The first kappa shape index (κ1) is 15.1. The molecule has 0 heterocycles. The SMILES string of the molecule is Cc1ccc(OCCCOc2ccc(C=O)cc2)c(C)c1. The van der Waals surface area contributed by atoms with Crippen LogP contribution in [0.15, 0.2) is 42.5 Å². The first-order chi connectivity index (χ1) is 10.2. The van der Waals surface area contributed by atoms with E-state index in [4.69, 9.17) is 9.47 Å². The average Bonchev–Trinajstić information content (AvgIpc) is 2.49. The quantitative estimate of drug-likeness (QED) is 0.570. The molecule has 3 heteroatoms. The van der Waals surface area contributed by atoms with Gasteiger partial charge < -0.3 is 9.47 Å². The summed E-state index contributed by atoms with van der Waals surface area (Å²) in [7, 11) is 0. The Morgan fingerprint density at radius 1 is 0.952 bits per heavy atom. The third kappa shape index (κ3) is 4.63. The van der Waals surface area contributed by atoms with Crippen LogP contribution in [-0.4, -0.2) is 19.5 Å². The topological polar surface area (TPSA) is 35.5 Å². The lowest BCUT2D eigenvalue weighted by Gasteiger charge is -2.10. The van der Waals surface area contributed by atoms with Crippen LogP contribution in [0.5, 0.6) is 11.5 Å². The maximum atomic E-state index is 10.5. The van der Waals surface area contributed by atoms with E-state index >= 15 is 0 Å². The monoisotopic (exact) mass is 284 g/mol. The summed E-state index contributed by atoms with van der Waals surface area (Å²) in [6, 6.07) is 13.3. The van der Waals surface area contributed by atoms with Gasteiger partial charge in [0, 0.05) is 12.0 Å². The second-order valence-electron chi connectivity index (χ2n) is 5.01. The summed E-state index contributed by atoms with van der Waals surface area (Å²) in [6.07, 6.45) is 1.63. The first-order valence-corrected chi connectivity index (χ1v) is 7.07. The van der Waals surface area contributed by atoms with Gasteiger partial charge in [-0.1, -0.05) is 17.7 Å². The van der Waals surface area contributed by atoms with Crippen molar-refractivity contribution in [3.8, 4) is 11.5 Å². The van der Waals surface area contributed by atoms with Crippen LogP contribution in [0.4, 0.5) is 0 Å². The highest BCUT2D eigenvalue weighted by Gasteiger charge is 2.00. The maximum absolute atomic E-state index is 10.5. The smallest absolute Gasteiger partial charge is 0.150 e. The van der Waals surface area contributed by atoms with Gasteiger partial charge in [0.25, 0.3) is 0 Å². The fourth-order valence-corrected chi connectivity index (χ4v) is 2.03. The van der Waals surface area contributed by atoms with Crippen molar-refractivity contribution in [1.82, 2.24) is 0 Å². The van der Waals surface area contributed by atoms with Crippen LogP contribution in [0.3, 0.4) is 0 Å². The van der Waals surface area contributed by atoms with Crippen molar-refractivity contribution in [3.05, 3.63) is 59.2 Å². The van der Waals surface area contributed by atoms with Crippen molar-refractivity contribution in [2.75, 3.05) is 13.2 Å². The Labute approximate surface area is 125 Å². The zero-order valence-corrected chi connectivity index (χ0v) is 12.5. The lowest BCUT2D eigenvalue weighted by molar-refractivity contribution is 0.112. The summed E-state index contributed by atoms with van der Waals surface area (Å²) in [6.45, 7) is 5.33. The normalized spacial score (nSPS) is 10.2. The summed E-state index contributed by atoms with van der Waals surface area (Å²) in [4.78, 5) is 10.5. The number of aryl methyl sites for hydroxylation is 2. The number of ether oxygens (including phenoxy) is 2. The number of hydrogen-bond acceptors (Lipinski definition) is 3. The summed E-state index contributed by atoms with van der Waals surface area (Å²) in [5, 5.41) is 0. The van der Waals surface area contributed by atoms with Crippen molar-refractivity contribution in [3.63, 3.8) is 0 Å². The van der Waals surface area contributed by atoms with E-state index in [1.807, 2.05) is 19.1 Å². The standard InChI is InChI=1S/C18H20O3/c1-14-4-9-18(15(2)12-14)21-11-3-10-20-17-7-5-16(13-19)6-8-17/h4-9,12-13H,3,10-11H2,1-2H3. The molecule has 0 fully saturated rings.